The summed E-state index contributed by atoms with van der Waals surface area (Å²) in [6.07, 6.45) is 0.397. The van der Waals surface area contributed by atoms with Crippen LogP contribution in [0.2, 0.25) is 0 Å². The van der Waals surface area contributed by atoms with Crippen LogP contribution in [0.4, 0.5) is 5.95 Å². The van der Waals surface area contributed by atoms with Crippen LogP contribution < -0.4 is 10.6 Å². The third kappa shape index (κ3) is 4.86. The Labute approximate surface area is 101 Å². The molecule has 2 N–H and O–H groups in total. The highest BCUT2D eigenvalue weighted by Gasteiger charge is 2.06. The van der Waals surface area contributed by atoms with Gasteiger partial charge in [0.05, 0.1) is 11.4 Å². The normalized spacial score (nSPS) is 10.6. The molecule has 0 fully saturated rings. The standard InChI is InChI=1S/C11H19N5O/c1-7(2)12-6-5-10(17)14-11-13-8(3)9(4)15-16-11/h7,12H,5-6H2,1-4H3,(H,13,14,16,17). The molecule has 1 aromatic heterocycles. The van der Waals surface area contributed by atoms with E-state index in [9.17, 15) is 4.79 Å². The maximum Gasteiger partial charge on any atom is 0.249 e. The summed E-state index contributed by atoms with van der Waals surface area (Å²) in [6.45, 7) is 8.37. The second-order valence-electron chi connectivity index (χ2n) is 4.21. The van der Waals surface area contributed by atoms with Gasteiger partial charge in [0.25, 0.3) is 0 Å². The van der Waals surface area contributed by atoms with Crippen molar-refractivity contribution in [3.63, 3.8) is 0 Å². The van der Waals surface area contributed by atoms with Crippen molar-refractivity contribution in [3.8, 4) is 0 Å². The highest BCUT2D eigenvalue weighted by molar-refractivity contribution is 5.88. The summed E-state index contributed by atoms with van der Waals surface area (Å²) >= 11 is 0. The fraction of sp³-hybridized carbons (Fsp3) is 0.636. The number of anilines is 1. The molecule has 1 amide bonds. The molecule has 0 saturated carbocycles. The highest BCUT2D eigenvalue weighted by atomic mass is 16.1. The average molecular weight is 237 g/mol. The first-order chi connectivity index (χ1) is 7.99. The summed E-state index contributed by atoms with van der Waals surface area (Å²) in [6, 6.07) is 0.377. The minimum atomic E-state index is -0.108. The Morgan fingerprint density at radius 2 is 1.94 bits per heavy atom. The lowest BCUT2D eigenvalue weighted by atomic mass is 10.3. The first-order valence-electron chi connectivity index (χ1n) is 5.70. The molecular formula is C11H19N5O. The number of aryl methyl sites for hydroxylation is 2. The van der Waals surface area contributed by atoms with Crippen molar-refractivity contribution in [2.45, 2.75) is 40.2 Å². The zero-order valence-electron chi connectivity index (χ0n) is 10.7. The van der Waals surface area contributed by atoms with E-state index in [-0.39, 0.29) is 11.9 Å². The van der Waals surface area contributed by atoms with Gasteiger partial charge in [-0.1, -0.05) is 13.8 Å². The van der Waals surface area contributed by atoms with Crippen molar-refractivity contribution in [1.82, 2.24) is 20.5 Å². The van der Waals surface area contributed by atoms with Crippen LogP contribution in [0.1, 0.15) is 31.7 Å². The van der Waals surface area contributed by atoms with E-state index in [1.54, 1.807) is 0 Å². The Bertz CT molecular complexity index is 391. The molecule has 1 aromatic rings. The number of carbonyl (C=O) groups excluding carboxylic acids is 1. The zero-order valence-corrected chi connectivity index (χ0v) is 10.7. The molecular weight excluding hydrogens is 218 g/mol. The predicted molar refractivity (Wildman–Crippen MR) is 65.7 cm³/mol. The largest absolute Gasteiger partial charge is 0.314 e. The number of nitrogens with one attached hydrogen (secondary N) is 2. The van der Waals surface area contributed by atoms with Crippen molar-refractivity contribution in [2.75, 3.05) is 11.9 Å². The molecule has 1 heterocycles. The summed E-state index contributed by atoms with van der Waals surface area (Å²) in [7, 11) is 0. The second kappa shape index (κ2) is 6.24. The van der Waals surface area contributed by atoms with Crippen LogP contribution in [-0.4, -0.2) is 33.7 Å². The third-order valence-corrected chi connectivity index (χ3v) is 2.25. The van der Waals surface area contributed by atoms with Gasteiger partial charge < -0.3 is 5.32 Å². The number of aromatic nitrogens is 3. The lowest BCUT2D eigenvalue weighted by molar-refractivity contribution is -0.116. The van der Waals surface area contributed by atoms with E-state index < -0.39 is 0 Å². The quantitative estimate of drug-likeness (QED) is 0.792. The molecule has 0 aliphatic heterocycles. The molecule has 0 unspecified atom stereocenters. The number of amides is 1. The molecule has 0 spiro atoms. The van der Waals surface area contributed by atoms with Gasteiger partial charge in [-0.15, -0.1) is 5.10 Å². The van der Waals surface area contributed by atoms with Crippen molar-refractivity contribution in [2.24, 2.45) is 0 Å². The summed E-state index contributed by atoms with van der Waals surface area (Å²) < 4.78 is 0. The Morgan fingerprint density at radius 3 is 2.53 bits per heavy atom. The lowest BCUT2D eigenvalue weighted by Gasteiger charge is -2.07. The molecule has 0 aliphatic rings. The molecule has 1 rings (SSSR count). The number of hydrogen-bond acceptors (Lipinski definition) is 5. The minimum Gasteiger partial charge on any atom is -0.314 e. The molecule has 0 saturated heterocycles. The molecule has 94 valence electrons. The number of carbonyl (C=O) groups is 1. The first-order valence-corrected chi connectivity index (χ1v) is 5.70. The van der Waals surface area contributed by atoms with E-state index in [1.165, 1.54) is 0 Å². The van der Waals surface area contributed by atoms with Crippen LogP contribution in [0.25, 0.3) is 0 Å². The summed E-state index contributed by atoms with van der Waals surface area (Å²) in [5.41, 5.74) is 1.54. The van der Waals surface area contributed by atoms with Crippen LogP contribution in [0.15, 0.2) is 0 Å². The van der Waals surface area contributed by atoms with E-state index in [2.05, 4.69) is 25.8 Å². The Kier molecular flexibility index (Phi) is 4.96. The predicted octanol–water partition coefficient (Wildman–Crippen LogP) is 0.815. The first kappa shape index (κ1) is 13.5. The van der Waals surface area contributed by atoms with E-state index in [1.807, 2.05) is 27.7 Å². The maximum absolute atomic E-state index is 11.5. The van der Waals surface area contributed by atoms with Gasteiger partial charge in [-0.25, -0.2) is 4.98 Å². The summed E-state index contributed by atoms with van der Waals surface area (Å²) in [5.74, 6) is 0.158. The Morgan fingerprint density at radius 1 is 1.24 bits per heavy atom. The number of rotatable bonds is 5. The second-order valence-corrected chi connectivity index (χ2v) is 4.21. The van der Waals surface area contributed by atoms with Gasteiger partial charge >= 0.3 is 0 Å². The molecule has 0 bridgehead atoms. The van der Waals surface area contributed by atoms with Crippen LogP contribution in [0.3, 0.4) is 0 Å². The van der Waals surface area contributed by atoms with Gasteiger partial charge in [-0.05, 0) is 13.8 Å². The molecule has 6 heteroatoms. The number of nitrogens with zero attached hydrogens (tertiary/aromatic N) is 3. The lowest BCUT2D eigenvalue weighted by Crippen LogP contribution is -2.27. The summed E-state index contributed by atoms with van der Waals surface area (Å²) in [4.78, 5) is 15.7. The molecule has 0 aliphatic carbocycles. The van der Waals surface area contributed by atoms with E-state index in [0.717, 1.165) is 11.4 Å². The smallest absolute Gasteiger partial charge is 0.249 e. The molecule has 0 radical (unpaired) electrons. The van der Waals surface area contributed by atoms with Crippen LogP contribution in [0.5, 0.6) is 0 Å². The molecule has 6 nitrogen and oxygen atoms in total. The fourth-order valence-corrected chi connectivity index (χ4v) is 1.17. The SMILES string of the molecule is Cc1nnc(NC(=O)CCNC(C)C)nc1C. The van der Waals surface area contributed by atoms with Gasteiger partial charge in [0.15, 0.2) is 0 Å². The van der Waals surface area contributed by atoms with Gasteiger partial charge in [-0.3, -0.25) is 10.1 Å². The number of hydrogen-bond donors (Lipinski definition) is 2. The Balaban J connectivity index is 2.42. The van der Waals surface area contributed by atoms with Crippen molar-refractivity contribution in [1.29, 1.82) is 0 Å². The molecule has 0 aromatic carbocycles. The monoisotopic (exact) mass is 237 g/mol. The van der Waals surface area contributed by atoms with Crippen molar-refractivity contribution in [3.05, 3.63) is 11.4 Å². The van der Waals surface area contributed by atoms with Crippen molar-refractivity contribution < 1.29 is 4.79 Å². The van der Waals surface area contributed by atoms with Crippen LogP contribution in [0, 0.1) is 13.8 Å². The average Bonchev–Trinajstić information content (AvgIpc) is 2.23. The Hall–Kier alpha value is -1.56. The van der Waals surface area contributed by atoms with Crippen LogP contribution in [-0.2, 0) is 4.79 Å². The third-order valence-electron chi connectivity index (χ3n) is 2.25. The van der Waals surface area contributed by atoms with Crippen molar-refractivity contribution >= 4 is 11.9 Å². The fourth-order valence-electron chi connectivity index (χ4n) is 1.17. The highest BCUT2D eigenvalue weighted by Crippen LogP contribution is 2.02. The molecule has 0 atom stereocenters. The van der Waals surface area contributed by atoms with Gasteiger partial charge in [-0.2, -0.15) is 5.10 Å². The van der Waals surface area contributed by atoms with Gasteiger partial charge in [0.2, 0.25) is 11.9 Å². The van der Waals surface area contributed by atoms with Gasteiger partial charge in [0, 0.05) is 19.0 Å². The van der Waals surface area contributed by atoms with Crippen LogP contribution >= 0.6 is 0 Å². The van der Waals surface area contributed by atoms with E-state index in [0.29, 0.717) is 19.0 Å². The maximum atomic E-state index is 11.5. The zero-order chi connectivity index (χ0) is 12.8. The van der Waals surface area contributed by atoms with Gasteiger partial charge in [0.1, 0.15) is 0 Å². The summed E-state index contributed by atoms with van der Waals surface area (Å²) in [5, 5.41) is 13.5. The topological polar surface area (TPSA) is 79.8 Å². The van der Waals surface area contributed by atoms with E-state index in [4.69, 9.17) is 0 Å². The van der Waals surface area contributed by atoms with E-state index >= 15 is 0 Å². The molecule has 17 heavy (non-hydrogen) atoms. The minimum absolute atomic E-state index is 0.108.